The van der Waals surface area contributed by atoms with Crippen LogP contribution in [0, 0.1) is 13.8 Å². The van der Waals surface area contributed by atoms with Gasteiger partial charge in [-0.15, -0.1) is 0 Å². The van der Waals surface area contributed by atoms with Crippen LogP contribution in [0.5, 0.6) is 0 Å². The van der Waals surface area contributed by atoms with E-state index in [9.17, 15) is 4.79 Å². The van der Waals surface area contributed by atoms with Crippen molar-refractivity contribution in [2.75, 3.05) is 31.3 Å². The average molecular weight is 364 g/mol. The summed E-state index contributed by atoms with van der Waals surface area (Å²) >= 11 is 0. The highest BCUT2D eigenvalue weighted by Crippen LogP contribution is 2.34. The molecule has 1 aliphatic rings. The number of nitrogens with zero attached hydrogens (tertiary/aromatic N) is 2. The third-order valence-corrected chi connectivity index (χ3v) is 4.80. The van der Waals surface area contributed by atoms with Crippen LogP contribution in [-0.2, 0) is 4.79 Å². The van der Waals surface area contributed by atoms with Crippen LogP contribution >= 0.6 is 0 Å². The number of aliphatic imine (C=N–C) groups is 1. The molecule has 0 aliphatic carbocycles. The Labute approximate surface area is 161 Å². The van der Waals surface area contributed by atoms with Crippen LogP contribution < -0.4 is 10.6 Å². The Morgan fingerprint density at radius 3 is 2.70 bits per heavy atom. The summed E-state index contributed by atoms with van der Waals surface area (Å²) in [5, 5.41) is 6.47. The molecule has 2 aromatic rings. The molecule has 0 saturated carbocycles. The topological polar surface area (TPSA) is 56.7 Å². The molecule has 5 heteroatoms. The number of carbonyl (C=O) groups is 1. The monoisotopic (exact) mass is 364 g/mol. The third-order valence-electron chi connectivity index (χ3n) is 4.80. The van der Waals surface area contributed by atoms with E-state index in [2.05, 4.69) is 54.5 Å². The number of amides is 1. The molecule has 0 saturated heterocycles. The Bertz CT molecular complexity index is 873. The van der Waals surface area contributed by atoms with Crippen molar-refractivity contribution in [3.63, 3.8) is 0 Å². The molecule has 1 amide bonds. The standard InChI is InChI=1S/C22H28N4O/c1-14-7-6-8-20-21(14)18(22(27)25-20)12-23-17-9-10-19(15(2)11-17)24-16(3)13-26(4)5/h6-12,16,18,24H,13H2,1-5H3,(H,25,27). The second-order valence-corrected chi connectivity index (χ2v) is 7.59. The lowest BCUT2D eigenvalue weighted by molar-refractivity contribution is -0.115. The first-order valence-electron chi connectivity index (χ1n) is 9.31. The zero-order chi connectivity index (χ0) is 19.6. The maximum atomic E-state index is 12.3. The minimum absolute atomic E-state index is 0.0180. The zero-order valence-electron chi connectivity index (χ0n) is 16.7. The van der Waals surface area contributed by atoms with Crippen molar-refractivity contribution in [3.8, 4) is 0 Å². The third kappa shape index (κ3) is 4.37. The summed E-state index contributed by atoms with van der Waals surface area (Å²) < 4.78 is 0. The molecular weight excluding hydrogens is 336 g/mol. The Balaban J connectivity index is 1.75. The number of rotatable bonds is 6. The number of anilines is 2. The van der Waals surface area contributed by atoms with Gasteiger partial charge < -0.3 is 15.5 Å². The average Bonchev–Trinajstić information content (AvgIpc) is 2.91. The van der Waals surface area contributed by atoms with Gasteiger partial charge in [0, 0.05) is 30.2 Å². The molecule has 0 fully saturated rings. The number of nitrogens with one attached hydrogen (secondary N) is 2. The number of fused-ring (bicyclic) bond motifs is 1. The molecule has 142 valence electrons. The first-order chi connectivity index (χ1) is 12.8. The van der Waals surface area contributed by atoms with Gasteiger partial charge in [-0.2, -0.15) is 0 Å². The van der Waals surface area contributed by atoms with Gasteiger partial charge in [-0.05, 0) is 75.8 Å². The molecule has 0 radical (unpaired) electrons. The highest BCUT2D eigenvalue weighted by atomic mass is 16.2. The SMILES string of the molecule is Cc1cc(N=CC2C(=O)Nc3cccc(C)c32)ccc1NC(C)CN(C)C. The van der Waals surface area contributed by atoms with Gasteiger partial charge in [0.05, 0.1) is 5.69 Å². The van der Waals surface area contributed by atoms with Crippen LogP contribution in [0.3, 0.4) is 0 Å². The molecule has 2 aromatic carbocycles. The van der Waals surface area contributed by atoms with Crippen LogP contribution in [0.2, 0.25) is 0 Å². The smallest absolute Gasteiger partial charge is 0.237 e. The lowest BCUT2D eigenvalue weighted by Gasteiger charge is -2.20. The number of likely N-dealkylation sites (N-methyl/N-ethyl adjacent to an activating group) is 1. The predicted molar refractivity (Wildman–Crippen MR) is 114 cm³/mol. The van der Waals surface area contributed by atoms with Gasteiger partial charge in [-0.25, -0.2) is 0 Å². The summed E-state index contributed by atoms with van der Waals surface area (Å²) in [6, 6.07) is 12.4. The number of hydrogen-bond acceptors (Lipinski definition) is 4. The molecule has 0 spiro atoms. The van der Waals surface area contributed by atoms with E-state index in [-0.39, 0.29) is 11.8 Å². The second-order valence-electron chi connectivity index (χ2n) is 7.59. The van der Waals surface area contributed by atoms with Crippen LogP contribution in [0.4, 0.5) is 17.1 Å². The normalized spacial score (nSPS) is 17.3. The molecule has 2 unspecified atom stereocenters. The fourth-order valence-corrected chi connectivity index (χ4v) is 3.60. The summed E-state index contributed by atoms with van der Waals surface area (Å²) in [5.41, 5.74) is 6.13. The van der Waals surface area contributed by atoms with E-state index in [1.807, 2.05) is 37.3 Å². The van der Waals surface area contributed by atoms with E-state index in [4.69, 9.17) is 0 Å². The zero-order valence-corrected chi connectivity index (χ0v) is 16.7. The van der Waals surface area contributed by atoms with Gasteiger partial charge >= 0.3 is 0 Å². The van der Waals surface area contributed by atoms with Crippen LogP contribution in [0.15, 0.2) is 41.4 Å². The first-order valence-corrected chi connectivity index (χ1v) is 9.31. The van der Waals surface area contributed by atoms with Crippen molar-refractivity contribution in [2.45, 2.75) is 32.7 Å². The fourth-order valence-electron chi connectivity index (χ4n) is 3.60. The predicted octanol–water partition coefficient (Wildman–Crippen LogP) is 4.10. The molecule has 5 nitrogen and oxygen atoms in total. The quantitative estimate of drug-likeness (QED) is 0.759. The van der Waals surface area contributed by atoms with E-state index in [1.165, 1.54) is 0 Å². The van der Waals surface area contributed by atoms with Gasteiger partial charge in [-0.3, -0.25) is 9.79 Å². The molecule has 2 atom stereocenters. The largest absolute Gasteiger partial charge is 0.381 e. The minimum Gasteiger partial charge on any atom is -0.381 e. The van der Waals surface area contributed by atoms with Gasteiger partial charge in [0.1, 0.15) is 5.92 Å². The molecule has 3 rings (SSSR count). The summed E-state index contributed by atoms with van der Waals surface area (Å²) in [4.78, 5) is 19.1. The Morgan fingerprint density at radius 1 is 1.22 bits per heavy atom. The molecular formula is C22H28N4O. The first kappa shape index (κ1) is 19.1. The highest BCUT2D eigenvalue weighted by Gasteiger charge is 2.30. The Morgan fingerprint density at radius 2 is 2.00 bits per heavy atom. The van der Waals surface area contributed by atoms with Crippen molar-refractivity contribution in [2.24, 2.45) is 4.99 Å². The maximum absolute atomic E-state index is 12.3. The summed E-state index contributed by atoms with van der Waals surface area (Å²) in [6.45, 7) is 7.24. The van der Waals surface area contributed by atoms with E-state index in [1.54, 1.807) is 6.21 Å². The molecule has 0 aromatic heterocycles. The van der Waals surface area contributed by atoms with Crippen LogP contribution in [-0.4, -0.2) is 43.7 Å². The van der Waals surface area contributed by atoms with Crippen molar-refractivity contribution in [3.05, 3.63) is 53.1 Å². The van der Waals surface area contributed by atoms with E-state index >= 15 is 0 Å². The van der Waals surface area contributed by atoms with Crippen LogP contribution in [0.1, 0.15) is 29.5 Å². The second kappa shape index (κ2) is 7.92. The lowest BCUT2D eigenvalue weighted by Crippen LogP contribution is -2.29. The Hall–Kier alpha value is -2.66. The molecule has 0 bridgehead atoms. The van der Waals surface area contributed by atoms with Crippen LogP contribution in [0.25, 0.3) is 0 Å². The molecule has 2 N–H and O–H groups in total. The minimum atomic E-state index is -0.334. The summed E-state index contributed by atoms with van der Waals surface area (Å²) in [5.74, 6) is -0.352. The van der Waals surface area contributed by atoms with Gasteiger partial charge in [0.25, 0.3) is 0 Å². The number of carbonyl (C=O) groups excluding carboxylic acids is 1. The van der Waals surface area contributed by atoms with Crippen molar-refractivity contribution in [1.29, 1.82) is 0 Å². The maximum Gasteiger partial charge on any atom is 0.237 e. The lowest BCUT2D eigenvalue weighted by atomic mass is 9.97. The van der Waals surface area contributed by atoms with Gasteiger partial charge in [0.15, 0.2) is 0 Å². The van der Waals surface area contributed by atoms with E-state index in [0.717, 1.165) is 40.3 Å². The highest BCUT2D eigenvalue weighted by molar-refractivity contribution is 6.13. The molecule has 1 aliphatic heterocycles. The molecule has 27 heavy (non-hydrogen) atoms. The molecule has 1 heterocycles. The van der Waals surface area contributed by atoms with E-state index < -0.39 is 0 Å². The number of benzene rings is 2. The number of aryl methyl sites for hydroxylation is 2. The van der Waals surface area contributed by atoms with Gasteiger partial charge in [0.2, 0.25) is 5.91 Å². The summed E-state index contributed by atoms with van der Waals surface area (Å²) in [6.07, 6.45) is 1.75. The number of hydrogen-bond donors (Lipinski definition) is 2. The van der Waals surface area contributed by atoms with E-state index in [0.29, 0.717) is 6.04 Å². The van der Waals surface area contributed by atoms with Crippen molar-refractivity contribution < 1.29 is 4.79 Å². The van der Waals surface area contributed by atoms with Crippen molar-refractivity contribution in [1.82, 2.24) is 4.90 Å². The Kier molecular flexibility index (Phi) is 5.61. The fraction of sp³-hybridized carbons (Fsp3) is 0.364. The van der Waals surface area contributed by atoms with Crippen molar-refractivity contribution >= 4 is 29.2 Å². The summed E-state index contributed by atoms with van der Waals surface area (Å²) in [7, 11) is 4.14. The van der Waals surface area contributed by atoms with Gasteiger partial charge in [-0.1, -0.05) is 12.1 Å².